The van der Waals surface area contributed by atoms with Crippen LogP contribution in [0.5, 0.6) is 0 Å². The lowest BCUT2D eigenvalue weighted by Crippen LogP contribution is -1.77. The van der Waals surface area contributed by atoms with Crippen LogP contribution in [0.1, 0.15) is 9.67 Å². The van der Waals surface area contributed by atoms with Crippen molar-refractivity contribution in [2.75, 3.05) is 0 Å². The molecule has 0 N–H and O–H groups in total. The van der Waals surface area contributed by atoms with Crippen molar-refractivity contribution >= 4 is 27.7 Å². The van der Waals surface area contributed by atoms with Crippen LogP contribution in [0.3, 0.4) is 0 Å². The van der Waals surface area contributed by atoms with Gasteiger partial charge in [-0.2, -0.15) is 0 Å². The van der Waals surface area contributed by atoms with Crippen molar-refractivity contribution in [3.05, 3.63) is 34.7 Å². The van der Waals surface area contributed by atoms with Crippen molar-refractivity contribution in [2.24, 2.45) is 0 Å². The molecule has 0 spiro atoms. The van der Waals surface area contributed by atoms with E-state index in [1.165, 1.54) is 12.1 Å². The topological polar surface area (TPSA) is 17.1 Å². The molecule has 1 heterocycles. The number of hydrogen-bond acceptors (Lipinski definition) is 2. The summed E-state index contributed by atoms with van der Waals surface area (Å²) in [6.07, 6.45) is 0.627. The first kappa shape index (κ1) is 8.31. The number of thiophene rings is 1. The minimum Gasteiger partial charge on any atom is -0.297 e. The number of halogens is 2. The van der Waals surface area contributed by atoms with Gasteiger partial charge in [-0.05, 0) is 17.5 Å². The highest BCUT2D eigenvalue weighted by Crippen LogP contribution is 2.27. The van der Waals surface area contributed by atoms with Gasteiger partial charge in [0.25, 0.3) is 0 Å². The largest absolute Gasteiger partial charge is 0.297 e. The number of fused-ring (bicyclic) bond motifs is 1. The Labute approximate surface area is 76.6 Å². The summed E-state index contributed by atoms with van der Waals surface area (Å²) in [6, 6.07) is 3.49. The van der Waals surface area contributed by atoms with Crippen LogP contribution in [-0.2, 0) is 0 Å². The highest BCUT2D eigenvalue weighted by atomic mass is 32.1. The number of hydrogen-bond donors (Lipinski definition) is 0. The Hall–Kier alpha value is -1.29. The van der Waals surface area contributed by atoms with Gasteiger partial charge in [0.2, 0.25) is 0 Å². The Balaban J connectivity index is 2.82. The molecule has 2 aromatic rings. The Morgan fingerprint density at radius 2 is 2.00 bits per heavy atom. The zero-order valence-corrected chi connectivity index (χ0v) is 7.20. The van der Waals surface area contributed by atoms with Gasteiger partial charge in [0, 0.05) is 6.07 Å². The van der Waals surface area contributed by atoms with Crippen LogP contribution in [0, 0.1) is 11.6 Å². The summed E-state index contributed by atoms with van der Waals surface area (Å²) < 4.78 is 26.1. The van der Waals surface area contributed by atoms with E-state index < -0.39 is 11.6 Å². The average molecular weight is 198 g/mol. The normalized spacial score (nSPS) is 10.6. The molecule has 0 saturated carbocycles. The minimum atomic E-state index is -0.625. The molecule has 0 bridgehead atoms. The van der Waals surface area contributed by atoms with Gasteiger partial charge in [0.05, 0.1) is 9.58 Å². The average Bonchev–Trinajstić information content (AvgIpc) is 2.47. The molecule has 1 aromatic carbocycles. The molecule has 1 aromatic heterocycles. The van der Waals surface area contributed by atoms with Crippen molar-refractivity contribution in [1.82, 2.24) is 0 Å². The summed E-state index contributed by atoms with van der Waals surface area (Å²) in [4.78, 5) is 10.8. The second-order valence-corrected chi connectivity index (χ2v) is 3.66. The van der Waals surface area contributed by atoms with Gasteiger partial charge in [-0.25, -0.2) is 8.78 Å². The van der Waals surface area contributed by atoms with Gasteiger partial charge in [0.15, 0.2) is 6.29 Å². The molecule has 4 heteroatoms. The summed E-state index contributed by atoms with van der Waals surface area (Å²) in [6.45, 7) is 0. The lowest BCUT2D eigenvalue weighted by atomic mass is 10.2. The van der Waals surface area contributed by atoms with Crippen molar-refractivity contribution in [3.63, 3.8) is 0 Å². The van der Waals surface area contributed by atoms with Gasteiger partial charge >= 0.3 is 0 Å². The van der Waals surface area contributed by atoms with E-state index in [-0.39, 0.29) is 0 Å². The predicted octanol–water partition coefficient (Wildman–Crippen LogP) is 2.99. The van der Waals surface area contributed by atoms with E-state index in [2.05, 4.69) is 0 Å². The maximum atomic E-state index is 13.1. The van der Waals surface area contributed by atoms with Crippen LogP contribution < -0.4 is 0 Å². The monoisotopic (exact) mass is 198 g/mol. The summed E-state index contributed by atoms with van der Waals surface area (Å²) in [7, 11) is 0. The molecule has 13 heavy (non-hydrogen) atoms. The zero-order valence-electron chi connectivity index (χ0n) is 6.38. The first-order valence-corrected chi connectivity index (χ1v) is 4.36. The van der Waals surface area contributed by atoms with Gasteiger partial charge in [-0.3, -0.25) is 4.79 Å². The fraction of sp³-hybridized carbons (Fsp3) is 0. The molecule has 0 aliphatic heterocycles. The van der Waals surface area contributed by atoms with Crippen LogP contribution in [0.15, 0.2) is 18.2 Å². The van der Waals surface area contributed by atoms with E-state index in [0.717, 1.165) is 17.4 Å². The van der Waals surface area contributed by atoms with Crippen molar-refractivity contribution < 1.29 is 13.6 Å². The summed E-state index contributed by atoms with van der Waals surface area (Å²) >= 11 is 1.02. The summed E-state index contributed by atoms with van der Waals surface area (Å²) in [5.74, 6) is -1.24. The fourth-order valence-corrected chi connectivity index (χ4v) is 2.02. The van der Waals surface area contributed by atoms with E-state index in [4.69, 9.17) is 0 Å². The highest BCUT2D eigenvalue weighted by Gasteiger charge is 2.07. The molecule has 2 rings (SSSR count). The maximum absolute atomic E-state index is 13.1. The first-order chi connectivity index (χ1) is 6.20. The maximum Gasteiger partial charge on any atom is 0.160 e. The minimum absolute atomic E-state index is 0.323. The molecular formula is C9H4F2OS. The number of benzene rings is 1. The Morgan fingerprint density at radius 1 is 1.23 bits per heavy atom. The summed E-state index contributed by atoms with van der Waals surface area (Å²) in [5.41, 5.74) is 0. The first-order valence-electron chi connectivity index (χ1n) is 3.54. The van der Waals surface area contributed by atoms with Crippen LogP contribution in [0.4, 0.5) is 8.78 Å². The molecule has 0 amide bonds. The zero-order chi connectivity index (χ0) is 9.42. The lowest BCUT2D eigenvalue weighted by Gasteiger charge is -1.91. The molecule has 66 valence electrons. The molecule has 1 nitrogen and oxygen atoms in total. The van der Waals surface area contributed by atoms with Gasteiger partial charge < -0.3 is 0 Å². The van der Waals surface area contributed by atoms with Crippen LogP contribution >= 0.6 is 11.3 Å². The number of carbonyl (C=O) groups excluding carboxylic acids is 1. The Morgan fingerprint density at radius 3 is 2.69 bits per heavy atom. The third-order valence-electron chi connectivity index (χ3n) is 1.67. The number of rotatable bonds is 1. The quantitative estimate of drug-likeness (QED) is 0.644. The standard InChI is InChI=1S/C9H4F2OS/c10-6-1-5-2-7(4-12)13-9(5)8(11)3-6/h1-4H. The number of aldehydes is 1. The highest BCUT2D eigenvalue weighted by molar-refractivity contribution is 7.20. The molecular weight excluding hydrogens is 194 g/mol. The smallest absolute Gasteiger partial charge is 0.160 e. The van der Waals surface area contributed by atoms with Gasteiger partial charge in [-0.1, -0.05) is 0 Å². The lowest BCUT2D eigenvalue weighted by molar-refractivity contribution is 0.112. The molecule has 0 aliphatic rings. The van der Waals surface area contributed by atoms with E-state index in [0.29, 0.717) is 21.2 Å². The van der Waals surface area contributed by atoms with E-state index in [1.807, 2.05) is 0 Å². The van der Waals surface area contributed by atoms with Gasteiger partial charge in [-0.15, -0.1) is 11.3 Å². The SMILES string of the molecule is O=Cc1cc2cc(F)cc(F)c2s1. The van der Waals surface area contributed by atoms with Crippen molar-refractivity contribution in [3.8, 4) is 0 Å². The molecule has 0 aliphatic carbocycles. The number of carbonyl (C=O) groups is 1. The second kappa shape index (κ2) is 2.88. The molecule has 0 saturated heterocycles. The molecule has 0 fully saturated rings. The second-order valence-electron chi connectivity index (χ2n) is 2.57. The molecule has 0 unspecified atom stereocenters. The predicted molar refractivity (Wildman–Crippen MR) is 47.1 cm³/mol. The fourth-order valence-electron chi connectivity index (χ4n) is 1.15. The van der Waals surface area contributed by atoms with Crippen molar-refractivity contribution in [1.29, 1.82) is 0 Å². The van der Waals surface area contributed by atoms with E-state index >= 15 is 0 Å². The Kier molecular flexibility index (Phi) is 1.84. The van der Waals surface area contributed by atoms with Crippen molar-refractivity contribution in [2.45, 2.75) is 0 Å². The van der Waals surface area contributed by atoms with Crippen LogP contribution in [0.2, 0.25) is 0 Å². The van der Waals surface area contributed by atoms with E-state index in [1.54, 1.807) is 0 Å². The van der Waals surface area contributed by atoms with Gasteiger partial charge in [0.1, 0.15) is 11.6 Å². The third-order valence-corrected chi connectivity index (χ3v) is 2.76. The van der Waals surface area contributed by atoms with Crippen LogP contribution in [0.25, 0.3) is 10.1 Å². The third kappa shape index (κ3) is 1.33. The van der Waals surface area contributed by atoms with Crippen LogP contribution in [-0.4, -0.2) is 6.29 Å². The molecule has 0 atom stereocenters. The van der Waals surface area contributed by atoms with E-state index in [9.17, 15) is 13.6 Å². The summed E-state index contributed by atoms with van der Waals surface area (Å²) in [5, 5.41) is 0.435. The Bertz CT molecular complexity index is 476. The molecule has 0 radical (unpaired) electrons.